The molecule has 0 aromatic carbocycles. The molecular weight excluding hydrogens is 332 g/mol. The molecule has 0 aliphatic heterocycles. The van der Waals surface area contributed by atoms with E-state index in [1.165, 1.54) is 0 Å². The molecule has 0 saturated carbocycles. The van der Waals surface area contributed by atoms with Gasteiger partial charge < -0.3 is 0 Å². The molecule has 106 valence electrons. The highest BCUT2D eigenvalue weighted by molar-refractivity contribution is 8.70. The summed E-state index contributed by atoms with van der Waals surface area (Å²) >= 11 is 0. The van der Waals surface area contributed by atoms with Crippen LogP contribution in [0.25, 0.3) is 0 Å². The molecule has 10 nitrogen and oxygen atoms in total. The third-order valence-corrected chi connectivity index (χ3v) is 4.87. The number of nitrogens with one attached hydrogen (secondary N) is 2. The molecule has 14 heteroatoms. The number of carbonyl (C=O) groups is 2. The molecule has 0 saturated heterocycles. The lowest BCUT2D eigenvalue weighted by atomic mass is 10.7. The quantitative estimate of drug-likeness (QED) is 0.246. The molecule has 2 amide bonds. The van der Waals surface area contributed by atoms with E-state index in [4.69, 9.17) is 9.11 Å². The minimum atomic E-state index is -4.36. The van der Waals surface area contributed by atoms with Gasteiger partial charge in [0.1, 0.15) is 0 Å². The Bertz CT molecular complexity index is 461. The molecule has 18 heavy (non-hydrogen) atoms. The van der Waals surface area contributed by atoms with Crippen LogP contribution in [0.1, 0.15) is 0 Å². The van der Waals surface area contributed by atoms with Crippen LogP contribution in [0.3, 0.4) is 0 Å². The van der Waals surface area contributed by atoms with Gasteiger partial charge >= 0.3 is 18.3 Å². The number of carbonyl (C=O) groups excluding carboxylic acids is 2. The van der Waals surface area contributed by atoms with Crippen LogP contribution >= 0.6 is 21.6 Å². The molecule has 0 aliphatic rings. The maximum atomic E-state index is 10.9. The van der Waals surface area contributed by atoms with E-state index in [0.29, 0.717) is 0 Å². The highest BCUT2D eigenvalue weighted by Crippen LogP contribution is 2.08. The van der Waals surface area contributed by atoms with Gasteiger partial charge in [0.15, 0.2) is 0 Å². The van der Waals surface area contributed by atoms with Gasteiger partial charge in [0.25, 0.3) is 0 Å². The van der Waals surface area contributed by atoms with E-state index in [-0.39, 0.29) is 21.6 Å². The molecule has 0 atom stereocenters. The first-order valence-electron chi connectivity index (χ1n) is 3.81. The average Bonchev–Trinajstić information content (AvgIpc) is 2.18. The van der Waals surface area contributed by atoms with Crippen molar-refractivity contribution in [2.45, 2.75) is 0 Å². The van der Waals surface area contributed by atoms with Gasteiger partial charge in [-0.25, -0.2) is 0 Å². The van der Waals surface area contributed by atoms with Gasteiger partial charge in [-0.2, -0.15) is 16.8 Å². The monoisotopic (exact) mass is 340 g/mol. The summed E-state index contributed by atoms with van der Waals surface area (Å²) in [4.78, 5) is 21.8. The van der Waals surface area contributed by atoms with E-state index in [1.54, 1.807) is 10.9 Å². The summed E-state index contributed by atoms with van der Waals surface area (Å²) in [5.74, 6) is -3.18. The Morgan fingerprint density at radius 2 is 1.11 bits per heavy atom. The van der Waals surface area contributed by atoms with Crippen molar-refractivity contribution in [3.63, 3.8) is 0 Å². The summed E-state index contributed by atoms with van der Waals surface area (Å²) < 4.78 is 57.5. The van der Waals surface area contributed by atoms with Crippen molar-refractivity contribution in [3.05, 3.63) is 0 Å². The Balaban J connectivity index is 3.89. The third kappa shape index (κ3) is 11.9. The molecule has 0 radical (unpaired) electrons. The second-order valence-corrected chi connectivity index (χ2v) is 9.18. The van der Waals surface area contributed by atoms with E-state index >= 15 is 0 Å². The first-order valence-corrected chi connectivity index (χ1v) is 9.69. The summed E-state index contributed by atoms with van der Waals surface area (Å²) in [5, 5.41) is 0. The molecule has 0 aromatic rings. The first-order chi connectivity index (χ1) is 7.99. The standard InChI is InChI=1S/C4H8N2O8S4/c7-3(1-15-17(9,10)11)5-6-4(8)2-16-18(12,13)14/h1-2H2,(H,5,7)(H,6,8)(H,9,10,11)(H,12,13,14). The predicted molar refractivity (Wildman–Crippen MR) is 64.3 cm³/mol. The van der Waals surface area contributed by atoms with Crippen LogP contribution in [0.2, 0.25) is 0 Å². The van der Waals surface area contributed by atoms with Gasteiger partial charge in [0.05, 0.1) is 11.5 Å². The molecular formula is C4H8N2O8S4. The summed E-state index contributed by atoms with van der Waals surface area (Å²) in [6.45, 7) is 0. The fraction of sp³-hybridized carbons (Fsp3) is 0.500. The van der Waals surface area contributed by atoms with Crippen LogP contribution in [-0.4, -0.2) is 49.3 Å². The fourth-order valence-electron chi connectivity index (χ4n) is 0.468. The largest absolute Gasteiger partial charge is 0.320 e. The summed E-state index contributed by atoms with van der Waals surface area (Å²) in [7, 11) is -8.85. The maximum absolute atomic E-state index is 10.9. The van der Waals surface area contributed by atoms with Gasteiger partial charge in [-0.05, 0) is 0 Å². The van der Waals surface area contributed by atoms with Crippen molar-refractivity contribution in [1.29, 1.82) is 0 Å². The molecule has 0 heterocycles. The normalized spacial score (nSPS) is 11.9. The molecule has 0 aliphatic carbocycles. The highest BCUT2D eigenvalue weighted by Gasteiger charge is 2.13. The molecule has 0 aromatic heterocycles. The number of amides is 2. The van der Waals surface area contributed by atoms with Gasteiger partial charge in [0, 0.05) is 21.6 Å². The number of hydrazine groups is 1. The Morgan fingerprint density at radius 3 is 1.33 bits per heavy atom. The lowest BCUT2D eigenvalue weighted by Gasteiger charge is -2.05. The number of hydrogen-bond acceptors (Lipinski definition) is 8. The van der Waals surface area contributed by atoms with Crippen LogP contribution in [0.15, 0.2) is 0 Å². The Morgan fingerprint density at radius 1 is 0.833 bits per heavy atom. The van der Waals surface area contributed by atoms with Gasteiger partial charge in [-0.1, -0.05) is 0 Å². The van der Waals surface area contributed by atoms with Crippen LogP contribution in [-0.2, 0) is 27.9 Å². The number of hydrogen-bond donors (Lipinski definition) is 4. The van der Waals surface area contributed by atoms with E-state index in [2.05, 4.69) is 0 Å². The molecule has 0 rings (SSSR count). The minimum absolute atomic E-state index is 0.0657. The SMILES string of the molecule is O=C(CSS(=O)(=O)O)NNC(=O)CSS(=O)(=O)O. The van der Waals surface area contributed by atoms with Crippen LogP contribution < -0.4 is 10.9 Å². The lowest BCUT2D eigenvalue weighted by Crippen LogP contribution is -2.43. The van der Waals surface area contributed by atoms with Crippen molar-refractivity contribution in [2.24, 2.45) is 0 Å². The zero-order chi connectivity index (χ0) is 14.4. The van der Waals surface area contributed by atoms with E-state index in [1.807, 2.05) is 0 Å². The zero-order valence-corrected chi connectivity index (χ0v) is 11.7. The Labute approximate surface area is 110 Å². The van der Waals surface area contributed by atoms with Crippen molar-refractivity contribution in [1.82, 2.24) is 10.9 Å². The fourth-order valence-corrected chi connectivity index (χ4v) is 2.66. The van der Waals surface area contributed by atoms with E-state index in [0.717, 1.165) is 0 Å². The van der Waals surface area contributed by atoms with Gasteiger partial charge in [0.2, 0.25) is 11.8 Å². The molecule has 0 spiro atoms. The van der Waals surface area contributed by atoms with Crippen molar-refractivity contribution in [3.8, 4) is 0 Å². The maximum Gasteiger partial charge on any atom is 0.320 e. The Hall–Kier alpha value is -0.540. The second-order valence-electron chi connectivity index (χ2n) is 2.48. The Kier molecular flexibility index (Phi) is 6.93. The molecule has 0 bridgehead atoms. The summed E-state index contributed by atoms with van der Waals surface area (Å²) in [6.07, 6.45) is 0. The number of rotatable bonds is 6. The third-order valence-electron chi connectivity index (χ3n) is 1.02. The van der Waals surface area contributed by atoms with E-state index < -0.39 is 41.6 Å². The van der Waals surface area contributed by atoms with Crippen molar-refractivity contribution in [2.75, 3.05) is 11.5 Å². The minimum Gasteiger partial charge on any atom is -0.277 e. The van der Waals surface area contributed by atoms with Crippen molar-refractivity contribution >= 4 is 51.7 Å². The van der Waals surface area contributed by atoms with Crippen LogP contribution in [0.5, 0.6) is 0 Å². The zero-order valence-electron chi connectivity index (χ0n) is 8.39. The second kappa shape index (κ2) is 7.15. The molecule has 0 fully saturated rings. The van der Waals surface area contributed by atoms with Gasteiger partial charge in [-0.3, -0.25) is 29.5 Å². The highest BCUT2D eigenvalue weighted by atomic mass is 33.2. The van der Waals surface area contributed by atoms with Crippen molar-refractivity contribution < 1.29 is 35.5 Å². The van der Waals surface area contributed by atoms with Crippen LogP contribution in [0, 0.1) is 0 Å². The van der Waals surface area contributed by atoms with E-state index in [9.17, 15) is 26.4 Å². The van der Waals surface area contributed by atoms with Crippen LogP contribution in [0.4, 0.5) is 0 Å². The average molecular weight is 340 g/mol. The molecule has 0 unspecified atom stereocenters. The van der Waals surface area contributed by atoms with Gasteiger partial charge in [-0.15, -0.1) is 0 Å². The first kappa shape index (κ1) is 17.5. The smallest absolute Gasteiger partial charge is 0.277 e. The lowest BCUT2D eigenvalue weighted by molar-refractivity contribution is -0.126. The topological polar surface area (TPSA) is 167 Å². The summed E-state index contributed by atoms with van der Waals surface area (Å²) in [5.41, 5.74) is 3.53. The predicted octanol–water partition coefficient (Wildman–Crippen LogP) is -1.79. The molecule has 4 N–H and O–H groups in total. The summed E-state index contributed by atoms with van der Waals surface area (Å²) in [6, 6.07) is 0.